The second-order valence-corrected chi connectivity index (χ2v) is 10.7. The van der Waals surface area contributed by atoms with Crippen LogP contribution >= 0.6 is 11.6 Å². The maximum atomic E-state index is 13.8. The summed E-state index contributed by atoms with van der Waals surface area (Å²) >= 11 is 6.66. The van der Waals surface area contributed by atoms with Gasteiger partial charge in [0.1, 0.15) is 6.04 Å². The Morgan fingerprint density at radius 2 is 1.92 bits per heavy atom. The predicted octanol–water partition coefficient (Wildman–Crippen LogP) is 5.78. The monoisotopic (exact) mass is 539 g/mol. The van der Waals surface area contributed by atoms with Gasteiger partial charge in [-0.25, -0.2) is 4.68 Å². The Hall–Kier alpha value is -3.88. The molecule has 0 bridgehead atoms. The van der Waals surface area contributed by atoms with Gasteiger partial charge in [-0.3, -0.25) is 14.7 Å². The highest BCUT2D eigenvalue weighted by Crippen LogP contribution is 2.35. The number of benzene rings is 2. The first-order valence-electron chi connectivity index (χ1n) is 13.3. The van der Waals surface area contributed by atoms with Crippen molar-refractivity contribution in [1.82, 2.24) is 35.1 Å². The third-order valence-electron chi connectivity index (χ3n) is 7.56. The molecule has 39 heavy (non-hydrogen) atoms. The second kappa shape index (κ2) is 11.1. The molecule has 198 valence electrons. The Morgan fingerprint density at radius 3 is 2.72 bits per heavy atom. The predicted molar refractivity (Wildman–Crippen MR) is 151 cm³/mol. The summed E-state index contributed by atoms with van der Waals surface area (Å²) < 4.78 is 1.94. The van der Waals surface area contributed by atoms with Gasteiger partial charge in [0.15, 0.2) is 5.82 Å². The highest BCUT2D eigenvalue weighted by Gasteiger charge is 2.33. The van der Waals surface area contributed by atoms with E-state index in [1.807, 2.05) is 65.5 Å². The van der Waals surface area contributed by atoms with Crippen LogP contribution in [0.3, 0.4) is 0 Å². The van der Waals surface area contributed by atoms with Crippen molar-refractivity contribution in [3.63, 3.8) is 0 Å². The SMILES string of the molecule is Cc1ccc2[nH]c(=O)c(C(c3nnnn3C3CCCC3)N(Cc3cccnc3)Cc3ccccc3Cl)cc2c1. The fourth-order valence-electron chi connectivity index (χ4n) is 5.64. The van der Waals surface area contributed by atoms with Crippen LogP contribution in [0.25, 0.3) is 10.9 Å². The molecule has 9 heteroatoms. The second-order valence-electron chi connectivity index (χ2n) is 10.3. The molecule has 0 radical (unpaired) electrons. The van der Waals surface area contributed by atoms with Crippen molar-refractivity contribution < 1.29 is 0 Å². The summed E-state index contributed by atoms with van der Waals surface area (Å²) in [5.74, 6) is 0.662. The molecule has 1 unspecified atom stereocenters. The van der Waals surface area contributed by atoms with Gasteiger partial charge < -0.3 is 4.98 Å². The highest BCUT2D eigenvalue weighted by atomic mass is 35.5. The van der Waals surface area contributed by atoms with Crippen LogP contribution in [0.15, 0.2) is 77.9 Å². The van der Waals surface area contributed by atoms with Gasteiger partial charge in [-0.15, -0.1) is 5.10 Å². The number of tetrazole rings is 1. The molecular formula is C30H30ClN7O. The number of aromatic amines is 1. The van der Waals surface area contributed by atoms with E-state index in [1.165, 1.54) is 0 Å². The van der Waals surface area contributed by atoms with Crippen molar-refractivity contribution in [2.45, 2.75) is 57.8 Å². The van der Waals surface area contributed by atoms with Crippen molar-refractivity contribution in [2.75, 3.05) is 0 Å². The van der Waals surface area contributed by atoms with E-state index in [1.54, 1.807) is 6.20 Å². The third kappa shape index (κ3) is 5.35. The zero-order valence-electron chi connectivity index (χ0n) is 21.8. The Labute approximate surface area is 231 Å². The first kappa shape index (κ1) is 25.4. The van der Waals surface area contributed by atoms with Crippen LogP contribution in [0.5, 0.6) is 0 Å². The van der Waals surface area contributed by atoms with Gasteiger partial charge in [-0.1, -0.05) is 60.3 Å². The third-order valence-corrected chi connectivity index (χ3v) is 7.93. The van der Waals surface area contributed by atoms with Crippen molar-refractivity contribution in [2.24, 2.45) is 0 Å². The summed E-state index contributed by atoms with van der Waals surface area (Å²) in [6.45, 7) is 3.06. The highest BCUT2D eigenvalue weighted by molar-refractivity contribution is 6.31. The van der Waals surface area contributed by atoms with E-state index in [0.29, 0.717) is 29.5 Å². The summed E-state index contributed by atoms with van der Waals surface area (Å²) in [6.07, 6.45) is 7.93. The Kier molecular flexibility index (Phi) is 7.22. The summed E-state index contributed by atoms with van der Waals surface area (Å²) in [4.78, 5) is 23.4. The average Bonchev–Trinajstić information content (AvgIpc) is 3.64. The van der Waals surface area contributed by atoms with Gasteiger partial charge in [0, 0.05) is 41.6 Å². The topological polar surface area (TPSA) is 92.6 Å². The molecule has 0 amide bonds. The van der Waals surface area contributed by atoms with E-state index in [2.05, 4.69) is 43.4 Å². The van der Waals surface area contributed by atoms with Gasteiger partial charge in [0.2, 0.25) is 0 Å². The lowest BCUT2D eigenvalue weighted by Crippen LogP contribution is -2.35. The molecule has 6 rings (SSSR count). The minimum atomic E-state index is -0.522. The largest absolute Gasteiger partial charge is 0.322 e. The lowest BCUT2D eigenvalue weighted by Gasteiger charge is -2.32. The molecule has 2 aromatic carbocycles. The van der Waals surface area contributed by atoms with Gasteiger partial charge in [0.25, 0.3) is 5.56 Å². The molecule has 1 fully saturated rings. The number of pyridine rings is 2. The minimum Gasteiger partial charge on any atom is -0.322 e. The standard InChI is InChI=1S/C30H30ClN7O/c1-20-12-13-27-23(15-20)16-25(30(39)33-27)28(29-34-35-36-38(29)24-9-3-4-10-24)37(18-21-7-6-14-32-17-21)19-22-8-2-5-11-26(22)31/h2,5-8,11-17,24,28H,3-4,9-10,18-19H2,1H3,(H,33,39). The lowest BCUT2D eigenvalue weighted by atomic mass is 10.0. The molecule has 3 aromatic heterocycles. The number of rotatable bonds is 8. The number of nitrogens with zero attached hydrogens (tertiary/aromatic N) is 6. The fraction of sp³-hybridized carbons (Fsp3) is 0.300. The fourth-order valence-corrected chi connectivity index (χ4v) is 5.84. The van der Waals surface area contributed by atoms with Crippen LogP contribution in [-0.4, -0.2) is 35.1 Å². The Morgan fingerprint density at radius 1 is 1.08 bits per heavy atom. The zero-order valence-corrected chi connectivity index (χ0v) is 22.6. The van der Waals surface area contributed by atoms with Crippen molar-refractivity contribution in [3.05, 3.63) is 117 Å². The van der Waals surface area contributed by atoms with E-state index in [-0.39, 0.29) is 11.6 Å². The van der Waals surface area contributed by atoms with E-state index < -0.39 is 6.04 Å². The normalized spacial score (nSPS) is 14.8. The van der Waals surface area contributed by atoms with Gasteiger partial charge in [-0.2, -0.15) is 0 Å². The maximum absolute atomic E-state index is 13.8. The van der Waals surface area contributed by atoms with Crippen LogP contribution in [-0.2, 0) is 13.1 Å². The van der Waals surface area contributed by atoms with E-state index >= 15 is 0 Å². The van der Waals surface area contributed by atoms with Crippen molar-refractivity contribution >= 4 is 22.5 Å². The summed E-state index contributed by atoms with van der Waals surface area (Å²) in [5, 5.41) is 14.8. The molecule has 1 aliphatic rings. The minimum absolute atomic E-state index is 0.160. The number of hydrogen-bond acceptors (Lipinski definition) is 6. The summed E-state index contributed by atoms with van der Waals surface area (Å²) in [7, 11) is 0. The molecule has 1 aliphatic carbocycles. The maximum Gasteiger partial charge on any atom is 0.253 e. The number of aromatic nitrogens is 6. The van der Waals surface area contributed by atoms with Gasteiger partial charge in [0.05, 0.1) is 6.04 Å². The number of hydrogen-bond donors (Lipinski definition) is 1. The molecule has 1 saturated carbocycles. The van der Waals surface area contributed by atoms with Crippen LogP contribution in [0.4, 0.5) is 0 Å². The van der Waals surface area contributed by atoms with E-state index in [9.17, 15) is 4.79 Å². The van der Waals surface area contributed by atoms with Crippen LogP contribution in [0, 0.1) is 6.92 Å². The molecule has 0 spiro atoms. The number of fused-ring (bicyclic) bond motifs is 1. The van der Waals surface area contributed by atoms with Crippen LogP contribution in [0.1, 0.15) is 65.8 Å². The summed E-state index contributed by atoms with van der Waals surface area (Å²) in [6, 6.07) is 19.5. The Bertz CT molecular complexity index is 1640. The molecule has 5 aromatic rings. The molecule has 8 nitrogen and oxygen atoms in total. The van der Waals surface area contributed by atoms with Crippen LogP contribution < -0.4 is 5.56 Å². The molecular weight excluding hydrogens is 510 g/mol. The number of aryl methyl sites for hydroxylation is 1. The molecule has 1 N–H and O–H groups in total. The zero-order chi connectivity index (χ0) is 26.8. The van der Waals surface area contributed by atoms with E-state index in [0.717, 1.165) is 53.3 Å². The van der Waals surface area contributed by atoms with E-state index in [4.69, 9.17) is 11.6 Å². The van der Waals surface area contributed by atoms with Gasteiger partial charge >= 0.3 is 0 Å². The quantitative estimate of drug-likeness (QED) is 0.269. The van der Waals surface area contributed by atoms with Crippen LogP contribution in [0.2, 0.25) is 5.02 Å². The Balaban J connectivity index is 1.55. The van der Waals surface area contributed by atoms with Gasteiger partial charge in [-0.05, 0) is 77.0 Å². The first-order chi connectivity index (χ1) is 19.1. The molecule has 1 atom stereocenters. The lowest BCUT2D eigenvalue weighted by molar-refractivity contribution is 0.190. The molecule has 3 heterocycles. The molecule has 0 saturated heterocycles. The smallest absolute Gasteiger partial charge is 0.253 e. The molecule has 0 aliphatic heterocycles. The van der Waals surface area contributed by atoms with Crippen molar-refractivity contribution in [1.29, 1.82) is 0 Å². The number of halogens is 1. The number of H-pyrrole nitrogens is 1. The summed E-state index contributed by atoms with van der Waals surface area (Å²) in [5.41, 5.74) is 4.33. The number of nitrogens with one attached hydrogen (secondary N) is 1. The average molecular weight is 540 g/mol. The first-order valence-corrected chi connectivity index (χ1v) is 13.7. The van der Waals surface area contributed by atoms with Crippen molar-refractivity contribution in [3.8, 4) is 0 Å².